The first-order valence-corrected chi connectivity index (χ1v) is 12.5. The van der Waals surface area contributed by atoms with Gasteiger partial charge in [0.05, 0.1) is 30.1 Å². The molecule has 38 heavy (non-hydrogen) atoms. The molecule has 0 saturated carbocycles. The SMILES string of the molecule is COc1cc(/C=C2\C(=O)N(c3ccc(C)cc3)C(=O)N(c3cccc4ccccc34)C2=O)cc(Br)c1OC. The highest BCUT2D eigenvalue weighted by Gasteiger charge is 2.44. The molecule has 7 nitrogen and oxygen atoms in total. The number of carbonyl (C=O) groups excluding carboxylic acids is 3. The fraction of sp³-hybridized carbons (Fsp3) is 0.100. The van der Waals surface area contributed by atoms with Gasteiger partial charge >= 0.3 is 6.03 Å². The standard InChI is InChI=1S/C30H23BrN2O5/c1-18-11-13-21(14-12-18)32-28(34)23(15-19-16-24(31)27(38-3)26(17-19)37-2)29(35)33(30(32)36)25-10-6-8-20-7-4-5-9-22(20)25/h4-17H,1-3H3/b23-15+. The fourth-order valence-electron chi connectivity index (χ4n) is 4.45. The maximum absolute atomic E-state index is 13.9. The Morgan fingerprint density at radius 3 is 2.18 bits per heavy atom. The van der Waals surface area contributed by atoms with Crippen molar-refractivity contribution in [1.29, 1.82) is 0 Å². The molecule has 1 heterocycles. The normalized spacial score (nSPS) is 14.9. The van der Waals surface area contributed by atoms with Gasteiger partial charge in [0, 0.05) is 5.39 Å². The molecule has 1 saturated heterocycles. The number of aryl methyl sites for hydroxylation is 1. The number of hydrogen-bond donors (Lipinski definition) is 0. The third-order valence-corrected chi connectivity index (χ3v) is 6.91. The second kappa shape index (κ2) is 10.1. The van der Waals surface area contributed by atoms with E-state index in [2.05, 4.69) is 15.9 Å². The molecule has 5 rings (SSSR count). The highest BCUT2D eigenvalue weighted by Crippen LogP contribution is 2.38. The third kappa shape index (κ3) is 4.33. The van der Waals surface area contributed by atoms with Crippen molar-refractivity contribution in [2.45, 2.75) is 6.92 Å². The van der Waals surface area contributed by atoms with Gasteiger partial charge in [0.15, 0.2) is 11.5 Å². The zero-order chi connectivity index (χ0) is 27.0. The molecule has 1 aliphatic heterocycles. The van der Waals surface area contributed by atoms with Crippen LogP contribution in [0.3, 0.4) is 0 Å². The number of urea groups is 1. The Labute approximate surface area is 228 Å². The summed E-state index contributed by atoms with van der Waals surface area (Å²) in [7, 11) is 3.01. The second-order valence-corrected chi connectivity index (χ2v) is 9.55. The smallest absolute Gasteiger partial charge is 0.343 e. The van der Waals surface area contributed by atoms with Gasteiger partial charge in [0.1, 0.15) is 5.57 Å². The number of methoxy groups -OCH3 is 2. The monoisotopic (exact) mass is 570 g/mol. The molecule has 4 aromatic carbocycles. The average molecular weight is 571 g/mol. The van der Waals surface area contributed by atoms with Crippen LogP contribution in [0.1, 0.15) is 11.1 Å². The van der Waals surface area contributed by atoms with E-state index in [0.717, 1.165) is 20.7 Å². The van der Waals surface area contributed by atoms with Crippen molar-refractivity contribution in [1.82, 2.24) is 0 Å². The molecule has 0 aliphatic carbocycles. The third-order valence-electron chi connectivity index (χ3n) is 6.32. The molecule has 1 fully saturated rings. The van der Waals surface area contributed by atoms with Crippen LogP contribution in [0.5, 0.6) is 11.5 Å². The van der Waals surface area contributed by atoms with Gasteiger partial charge in [-0.25, -0.2) is 14.6 Å². The Balaban J connectivity index is 1.72. The van der Waals surface area contributed by atoms with Crippen molar-refractivity contribution >= 4 is 62.0 Å². The molecule has 0 unspecified atom stereocenters. The number of nitrogens with zero attached hydrogens (tertiary/aromatic N) is 2. The van der Waals surface area contributed by atoms with Crippen molar-refractivity contribution in [2.24, 2.45) is 0 Å². The summed E-state index contributed by atoms with van der Waals surface area (Å²) in [6.07, 6.45) is 1.46. The predicted molar refractivity (Wildman–Crippen MR) is 151 cm³/mol. The van der Waals surface area contributed by atoms with E-state index < -0.39 is 17.8 Å². The van der Waals surface area contributed by atoms with E-state index in [0.29, 0.717) is 38.3 Å². The molecule has 0 N–H and O–H groups in total. The molecule has 1 aliphatic rings. The van der Waals surface area contributed by atoms with Crippen molar-refractivity contribution in [3.05, 3.63) is 100 Å². The largest absolute Gasteiger partial charge is 0.493 e. The number of amides is 4. The van der Waals surface area contributed by atoms with Gasteiger partial charge in [-0.3, -0.25) is 9.59 Å². The van der Waals surface area contributed by atoms with Crippen LogP contribution in [0.15, 0.2) is 88.9 Å². The first-order valence-electron chi connectivity index (χ1n) is 11.7. The quantitative estimate of drug-likeness (QED) is 0.202. The Bertz CT molecular complexity index is 1620. The molecule has 0 radical (unpaired) electrons. The van der Waals surface area contributed by atoms with Gasteiger partial charge in [-0.1, -0.05) is 54.1 Å². The summed E-state index contributed by atoms with van der Waals surface area (Å²) in [4.78, 5) is 43.6. The van der Waals surface area contributed by atoms with Crippen LogP contribution in [-0.4, -0.2) is 32.1 Å². The second-order valence-electron chi connectivity index (χ2n) is 8.69. The van der Waals surface area contributed by atoms with Gasteiger partial charge in [0.2, 0.25) is 0 Å². The maximum Gasteiger partial charge on any atom is 0.343 e. The van der Waals surface area contributed by atoms with Crippen molar-refractivity contribution in [3.63, 3.8) is 0 Å². The number of hydrogen-bond acceptors (Lipinski definition) is 5. The fourth-order valence-corrected chi connectivity index (χ4v) is 5.08. The summed E-state index contributed by atoms with van der Waals surface area (Å²) < 4.78 is 11.4. The van der Waals surface area contributed by atoms with Crippen LogP contribution < -0.4 is 19.3 Å². The Morgan fingerprint density at radius 1 is 0.789 bits per heavy atom. The summed E-state index contributed by atoms with van der Waals surface area (Å²) in [5.74, 6) is -0.538. The van der Waals surface area contributed by atoms with Crippen LogP contribution in [-0.2, 0) is 9.59 Å². The maximum atomic E-state index is 13.9. The van der Waals surface area contributed by atoms with Gasteiger partial charge in [-0.15, -0.1) is 0 Å². The van der Waals surface area contributed by atoms with Crippen LogP contribution >= 0.6 is 15.9 Å². The number of imide groups is 2. The molecule has 4 amide bonds. The highest BCUT2D eigenvalue weighted by molar-refractivity contribution is 9.10. The van der Waals surface area contributed by atoms with Crippen molar-refractivity contribution in [2.75, 3.05) is 24.0 Å². The molecule has 0 bridgehead atoms. The molecule has 4 aromatic rings. The number of benzene rings is 4. The Hall–Kier alpha value is -4.43. The van der Waals surface area contributed by atoms with Crippen molar-refractivity contribution < 1.29 is 23.9 Å². The van der Waals surface area contributed by atoms with Crippen LogP contribution in [0.2, 0.25) is 0 Å². The zero-order valence-corrected chi connectivity index (χ0v) is 22.5. The summed E-state index contributed by atoms with van der Waals surface area (Å²) in [5.41, 5.74) is 2.07. The van der Waals surface area contributed by atoms with E-state index in [4.69, 9.17) is 9.47 Å². The lowest BCUT2D eigenvalue weighted by Crippen LogP contribution is -2.57. The summed E-state index contributed by atoms with van der Waals surface area (Å²) in [6.45, 7) is 1.91. The van der Waals surface area contributed by atoms with E-state index in [1.807, 2.05) is 49.4 Å². The minimum atomic E-state index is -0.745. The number of anilines is 2. The van der Waals surface area contributed by atoms with Gasteiger partial charge in [0.25, 0.3) is 11.8 Å². The lowest BCUT2D eigenvalue weighted by molar-refractivity contribution is -0.121. The highest BCUT2D eigenvalue weighted by atomic mass is 79.9. The summed E-state index contributed by atoms with van der Waals surface area (Å²) >= 11 is 3.46. The summed E-state index contributed by atoms with van der Waals surface area (Å²) in [6, 6.07) is 22.5. The molecule has 0 spiro atoms. The van der Waals surface area contributed by atoms with E-state index in [-0.39, 0.29) is 5.57 Å². The van der Waals surface area contributed by atoms with Gasteiger partial charge < -0.3 is 9.47 Å². The minimum Gasteiger partial charge on any atom is -0.493 e. The predicted octanol–water partition coefficient (Wildman–Crippen LogP) is 6.51. The molecule has 190 valence electrons. The Morgan fingerprint density at radius 2 is 1.47 bits per heavy atom. The number of fused-ring (bicyclic) bond motifs is 1. The number of barbiturate groups is 1. The molecular formula is C30H23BrN2O5. The van der Waals surface area contributed by atoms with Crippen molar-refractivity contribution in [3.8, 4) is 11.5 Å². The zero-order valence-electron chi connectivity index (χ0n) is 20.9. The van der Waals surface area contributed by atoms with Crippen LogP contribution in [0.25, 0.3) is 16.8 Å². The van der Waals surface area contributed by atoms with E-state index in [1.54, 1.807) is 36.4 Å². The van der Waals surface area contributed by atoms with E-state index >= 15 is 0 Å². The molecule has 8 heteroatoms. The van der Waals surface area contributed by atoms with E-state index in [9.17, 15) is 14.4 Å². The number of halogens is 1. The first kappa shape index (κ1) is 25.2. The Kier molecular flexibility index (Phi) is 6.73. The molecule has 0 atom stereocenters. The lowest BCUT2D eigenvalue weighted by atomic mass is 10.0. The van der Waals surface area contributed by atoms with Crippen LogP contribution in [0, 0.1) is 6.92 Å². The van der Waals surface area contributed by atoms with Crippen LogP contribution in [0.4, 0.5) is 16.2 Å². The topological polar surface area (TPSA) is 76.2 Å². The first-order chi connectivity index (χ1) is 18.3. The number of ether oxygens (including phenoxy) is 2. The number of rotatable bonds is 5. The number of carbonyl (C=O) groups is 3. The average Bonchev–Trinajstić information content (AvgIpc) is 2.92. The van der Waals surface area contributed by atoms with E-state index in [1.165, 1.54) is 20.3 Å². The van der Waals surface area contributed by atoms with Gasteiger partial charge in [-0.2, -0.15) is 0 Å². The molecule has 0 aromatic heterocycles. The lowest BCUT2D eigenvalue weighted by Gasteiger charge is -2.34. The van der Waals surface area contributed by atoms with Gasteiger partial charge in [-0.05, 0) is 70.2 Å². The minimum absolute atomic E-state index is 0.169. The summed E-state index contributed by atoms with van der Waals surface area (Å²) in [5, 5.41) is 1.57. The molecular weight excluding hydrogens is 548 g/mol.